The van der Waals surface area contributed by atoms with E-state index in [-0.39, 0.29) is 5.91 Å². The number of nitrogens with one attached hydrogen (secondary N) is 1. The summed E-state index contributed by atoms with van der Waals surface area (Å²) in [5.41, 5.74) is 2.51. The first-order chi connectivity index (χ1) is 15.2. The number of carbonyl (C=O) groups excluding carboxylic acids is 1. The average Bonchev–Trinajstić information content (AvgIpc) is 3.30. The zero-order chi connectivity index (χ0) is 21.9. The van der Waals surface area contributed by atoms with Gasteiger partial charge in [0.15, 0.2) is 11.5 Å². The highest BCUT2D eigenvalue weighted by Crippen LogP contribution is 2.28. The molecule has 0 atom stereocenters. The van der Waals surface area contributed by atoms with Gasteiger partial charge < -0.3 is 23.9 Å². The minimum absolute atomic E-state index is 0.223. The van der Waals surface area contributed by atoms with Gasteiger partial charge in [-0.15, -0.1) is 0 Å². The molecule has 0 unspecified atom stereocenters. The predicted octanol–water partition coefficient (Wildman–Crippen LogP) is 5.45. The van der Waals surface area contributed by atoms with Crippen molar-refractivity contribution in [3.63, 3.8) is 0 Å². The Labute approximate surface area is 182 Å². The van der Waals surface area contributed by atoms with Gasteiger partial charge in [0.1, 0.15) is 12.4 Å². The van der Waals surface area contributed by atoms with Crippen LogP contribution in [0, 0.1) is 0 Å². The van der Waals surface area contributed by atoms with Gasteiger partial charge in [0.2, 0.25) is 5.91 Å². The SMILES string of the molecule is CCCOc1ccc(/C=C/C(=O)Nc2cccc(COCc3ccco3)c2)cc1OC. The zero-order valence-electron chi connectivity index (χ0n) is 17.8. The molecule has 1 amide bonds. The molecular formula is C25H27NO5. The lowest BCUT2D eigenvalue weighted by Gasteiger charge is -2.10. The molecule has 3 rings (SSSR count). The van der Waals surface area contributed by atoms with Gasteiger partial charge in [0, 0.05) is 11.8 Å². The molecule has 0 radical (unpaired) electrons. The van der Waals surface area contributed by atoms with E-state index in [0.717, 1.165) is 23.3 Å². The Balaban J connectivity index is 1.54. The second kappa shape index (κ2) is 11.6. The van der Waals surface area contributed by atoms with Gasteiger partial charge in [-0.3, -0.25) is 4.79 Å². The van der Waals surface area contributed by atoms with Gasteiger partial charge in [-0.05, 0) is 60.0 Å². The molecule has 1 N–H and O–H groups in total. The van der Waals surface area contributed by atoms with Crippen molar-refractivity contribution in [1.82, 2.24) is 0 Å². The third-order valence-corrected chi connectivity index (χ3v) is 4.36. The van der Waals surface area contributed by atoms with Crippen molar-refractivity contribution < 1.29 is 23.4 Å². The first kappa shape index (κ1) is 22.2. The number of anilines is 1. The second-order valence-electron chi connectivity index (χ2n) is 6.85. The largest absolute Gasteiger partial charge is 0.493 e. The number of benzene rings is 2. The molecule has 0 aliphatic heterocycles. The van der Waals surface area contributed by atoms with Crippen molar-refractivity contribution >= 4 is 17.7 Å². The van der Waals surface area contributed by atoms with Gasteiger partial charge in [0.25, 0.3) is 0 Å². The summed E-state index contributed by atoms with van der Waals surface area (Å²) in [6.45, 7) is 3.50. The Bertz CT molecular complexity index is 995. The van der Waals surface area contributed by atoms with E-state index in [4.69, 9.17) is 18.6 Å². The van der Waals surface area contributed by atoms with Crippen LogP contribution in [-0.4, -0.2) is 19.6 Å². The molecule has 6 heteroatoms. The number of methoxy groups -OCH3 is 1. The van der Waals surface area contributed by atoms with Crippen molar-refractivity contribution in [2.45, 2.75) is 26.6 Å². The summed E-state index contributed by atoms with van der Waals surface area (Å²) in [4.78, 5) is 12.3. The van der Waals surface area contributed by atoms with Gasteiger partial charge >= 0.3 is 0 Å². The maximum Gasteiger partial charge on any atom is 0.248 e. The molecule has 0 aliphatic carbocycles. The van der Waals surface area contributed by atoms with Crippen LogP contribution in [0.2, 0.25) is 0 Å². The summed E-state index contributed by atoms with van der Waals surface area (Å²) in [6, 6.07) is 16.8. The van der Waals surface area contributed by atoms with Crippen molar-refractivity contribution in [2.24, 2.45) is 0 Å². The van der Waals surface area contributed by atoms with Crippen LogP contribution in [0.4, 0.5) is 5.69 Å². The highest BCUT2D eigenvalue weighted by Gasteiger charge is 2.05. The molecule has 3 aromatic rings. The number of carbonyl (C=O) groups is 1. The fourth-order valence-corrected chi connectivity index (χ4v) is 2.88. The molecule has 1 aromatic heterocycles. The topological polar surface area (TPSA) is 69.9 Å². The van der Waals surface area contributed by atoms with Gasteiger partial charge in [-0.25, -0.2) is 0 Å². The molecule has 0 spiro atoms. The summed E-state index contributed by atoms with van der Waals surface area (Å²) in [5, 5.41) is 2.87. The molecule has 2 aromatic carbocycles. The third kappa shape index (κ3) is 7.04. The number of amides is 1. The minimum atomic E-state index is -0.223. The van der Waals surface area contributed by atoms with E-state index in [1.54, 1.807) is 19.4 Å². The lowest BCUT2D eigenvalue weighted by molar-refractivity contribution is -0.111. The average molecular weight is 421 g/mol. The first-order valence-electron chi connectivity index (χ1n) is 10.2. The van der Waals surface area contributed by atoms with Crippen LogP contribution in [-0.2, 0) is 22.7 Å². The molecular weight excluding hydrogens is 394 g/mol. The molecule has 6 nitrogen and oxygen atoms in total. The van der Waals surface area contributed by atoms with E-state index in [9.17, 15) is 4.79 Å². The summed E-state index contributed by atoms with van der Waals surface area (Å²) < 4.78 is 21.9. The molecule has 0 aliphatic rings. The Morgan fingerprint density at radius 1 is 1.06 bits per heavy atom. The maximum atomic E-state index is 12.3. The van der Waals surface area contributed by atoms with E-state index in [1.807, 2.05) is 61.5 Å². The third-order valence-electron chi connectivity index (χ3n) is 4.36. The van der Waals surface area contributed by atoms with Crippen LogP contribution in [0.3, 0.4) is 0 Å². The van der Waals surface area contributed by atoms with E-state index in [0.29, 0.717) is 37.0 Å². The zero-order valence-corrected chi connectivity index (χ0v) is 17.8. The smallest absolute Gasteiger partial charge is 0.248 e. The first-order valence-corrected chi connectivity index (χ1v) is 10.2. The van der Waals surface area contributed by atoms with Crippen LogP contribution in [0.15, 0.2) is 71.4 Å². The molecule has 0 bridgehead atoms. The maximum absolute atomic E-state index is 12.3. The normalized spacial score (nSPS) is 10.9. The monoisotopic (exact) mass is 421 g/mol. The van der Waals surface area contributed by atoms with Crippen molar-refractivity contribution in [1.29, 1.82) is 0 Å². The van der Waals surface area contributed by atoms with Crippen LogP contribution in [0.1, 0.15) is 30.2 Å². The van der Waals surface area contributed by atoms with Crippen LogP contribution < -0.4 is 14.8 Å². The Hall–Kier alpha value is -3.51. The van der Waals surface area contributed by atoms with Gasteiger partial charge in [-0.2, -0.15) is 0 Å². The molecule has 0 saturated heterocycles. The number of ether oxygens (including phenoxy) is 3. The molecule has 162 valence electrons. The fourth-order valence-electron chi connectivity index (χ4n) is 2.88. The minimum Gasteiger partial charge on any atom is -0.493 e. The van der Waals surface area contributed by atoms with Crippen LogP contribution in [0.25, 0.3) is 6.08 Å². The highest BCUT2D eigenvalue weighted by molar-refractivity contribution is 6.02. The molecule has 31 heavy (non-hydrogen) atoms. The summed E-state index contributed by atoms with van der Waals surface area (Å²) >= 11 is 0. The molecule has 0 saturated carbocycles. The number of furan rings is 1. The Morgan fingerprint density at radius 3 is 2.74 bits per heavy atom. The molecule has 1 heterocycles. The van der Waals surface area contributed by atoms with Gasteiger partial charge in [0.05, 0.1) is 26.6 Å². The highest BCUT2D eigenvalue weighted by atomic mass is 16.5. The summed E-state index contributed by atoms with van der Waals surface area (Å²) in [5.74, 6) is 1.88. The lowest BCUT2D eigenvalue weighted by atomic mass is 10.2. The quantitative estimate of drug-likeness (QED) is 0.417. The van der Waals surface area contributed by atoms with Gasteiger partial charge in [-0.1, -0.05) is 25.1 Å². The summed E-state index contributed by atoms with van der Waals surface area (Å²) in [6.07, 6.45) is 5.76. The van der Waals surface area contributed by atoms with Crippen LogP contribution in [0.5, 0.6) is 11.5 Å². The lowest BCUT2D eigenvalue weighted by Crippen LogP contribution is -2.08. The van der Waals surface area contributed by atoms with Crippen molar-refractivity contribution in [2.75, 3.05) is 19.0 Å². The van der Waals surface area contributed by atoms with E-state index >= 15 is 0 Å². The fraction of sp³-hybridized carbons (Fsp3) is 0.240. The van der Waals surface area contributed by atoms with E-state index < -0.39 is 0 Å². The summed E-state index contributed by atoms with van der Waals surface area (Å²) in [7, 11) is 1.60. The molecule has 0 fully saturated rings. The number of rotatable bonds is 11. The van der Waals surface area contributed by atoms with Crippen molar-refractivity contribution in [3.05, 3.63) is 83.8 Å². The predicted molar refractivity (Wildman–Crippen MR) is 120 cm³/mol. The van der Waals surface area contributed by atoms with E-state index in [2.05, 4.69) is 5.32 Å². The second-order valence-corrected chi connectivity index (χ2v) is 6.85. The standard InChI is InChI=1S/C25H27NO5/c1-3-13-31-23-11-9-19(16-24(23)28-2)10-12-25(27)26-21-7-4-6-20(15-21)17-29-18-22-8-5-14-30-22/h4-12,14-16H,3,13,17-18H2,1-2H3,(H,26,27)/b12-10+. The Morgan fingerprint density at radius 2 is 1.97 bits per heavy atom. The Kier molecular flexibility index (Phi) is 8.31. The number of hydrogen-bond donors (Lipinski definition) is 1. The van der Waals surface area contributed by atoms with Crippen molar-refractivity contribution in [3.8, 4) is 11.5 Å². The number of hydrogen-bond acceptors (Lipinski definition) is 5. The van der Waals surface area contributed by atoms with Crippen LogP contribution >= 0.6 is 0 Å². The van der Waals surface area contributed by atoms with E-state index in [1.165, 1.54) is 6.08 Å².